The second-order valence-corrected chi connectivity index (χ2v) is 7.80. The van der Waals surface area contributed by atoms with Crippen molar-refractivity contribution in [1.29, 1.82) is 0 Å². The van der Waals surface area contributed by atoms with E-state index in [1.165, 1.54) is 55.5 Å². The van der Waals surface area contributed by atoms with Crippen molar-refractivity contribution in [2.24, 2.45) is 0 Å². The van der Waals surface area contributed by atoms with Crippen LogP contribution in [0, 0.1) is 6.92 Å². The molecule has 0 fully saturated rings. The summed E-state index contributed by atoms with van der Waals surface area (Å²) in [6, 6.07) is 11.1. The molecule has 0 amide bonds. The zero-order valence-electron chi connectivity index (χ0n) is 18.5. The molecule has 0 atom stereocenters. The van der Waals surface area contributed by atoms with Gasteiger partial charge in [-0.2, -0.15) is 40.5 Å². The Hall–Kier alpha value is -3.87. The maximum Gasteiger partial charge on any atom is 0.433 e. The second kappa shape index (κ2) is 10.2. The van der Waals surface area contributed by atoms with E-state index in [0.29, 0.717) is 5.56 Å². The molecule has 4 rings (SSSR count). The number of nitrogens with zero attached hydrogens (tertiary/aromatic N) is 4. The Bertz CT molecular complexity index is 1390. The van der Waals surface area contributed by atoms with E-state index in [-0.39, 0.29) is 39.2 Å². The number of ether oxygens (including phenoxy) is 2. The topological polar surface area (TPSA) is 62.1 Å². The van der Waals surface area contributed by atoms with Gasteiger partial charge in [-0.15, -0.1) is 0 Å². The van der Waals surface area contributed by atoms with E-state index in [4.69, 9.17) is 11.6 Å². The van der Waals surface area contributed by atoms with E-state index in [2.05, 4.69) is 24.5 Å². The normalized spacial score (nSPS) is 11.9. The van der Waals surface area contributed by atoms with Gasteiger partial charge in [-0.1, -0.05) is 11.6 Å². The van der Waals surface area contributed by atoms with E-state index in [1.807, 2.05) is 0 Å². The van der Waals surface area contributed by atoms with Crippen molar-refractivity contribution in [3.05, 3.63) is 71.0 Å². The highest BCUT2D eigenvalue weighted by Crippen LogP contribution is 2.39. The summed E-state index contributed by atoms with van der Waals surface area (Å²) in [7, 11) is 0. The third-order valence-corrected chi connectivity index (χ3v) is 5.21. The molecule has 37 heavy (non-hydrogen) atoms. The zero-order chi connectivity index (χ0) is 26.9. The number of halogens is 8. The summed E-state index contributed by atoms with van der Waals surface area (Å²) in [5.41, 5.74) is -0.540. The first-order valence-corrected chi connectivity index (χ1v) is 10.6. The Balaban J connectivity index is 1.88. The number of aromatic nitrogens is 4. The molecule has 0 N–H and O–H groups in total. The van der Waals surface area contributed by atoms with Crippen LogP contribution in [0.1, 0.15) is 11.4 Å². The summed E-state index contributed by atoms with van der Waals surface area (Å²) in [5, 5.41) is 4.25. The van der Waals surface area contributed by atoms with Crippen molar-refractivity contribution >= 4 is 11.6 Å². The molecule has 2 aromatic carbocycles. The van der Waals surface area contributed by atoms with Crippen LogP contribution in [0.2, 0.25) is 5.02 Å². The molecule has 194 valence electrons. The highest BCUT2D eigenvalue weighted by Gasteiger charge is 2.34. The molecule has 0 saturated heterocycles. The minimum atomic E-state index is -4.78. The molecule has 0 aliphatic carbocycles. The summed E-state index contributed by atoms with van der Waals surface area (Å²) in [6.45, 7) is -4.77. The standard InChI is InChI=1S/C23H14ClF7N4O2/c1-11-10-16(23(29,30)31)33-22(32-11)35-19(13-4-8-15(9-5-13)37-21(27)28)17(24)18(34-35)12-2-6-14(7-3-12)36-20(25)26/h2-10,20-21H,1H3. The van der Waals surface area contributed by atoms with Crippen molar-refractivity contribution in [2.75, 3.05) is 0 Å². The molecule has 0 unspecified atom stereocenters. The number of aryl methyl sites for hydroxylation is 1. The monoisotopic (exact) mass is 546 g/mol. The average molecular weight is 547 g/mol. The number of rotatable bonds is 7. The lowest BCUT2D eigenvalue weighted by Gasteiger charge is -2.11. The third-order valence-electron chi connectivity index (χ3n) is 4.86. The van der Waals surface area contributed by atoms with Crippen LogP contribution >= 0.6 is 11.6 Å². The van der Waals surface area contributed by atoms with Gasteiger partial charge in [-0.05, 0) is 61.5 Å². The number of benzene rings is 2. The van der Waals surface area contributed by atoms with Gasteiger partial charge < -0.3 is 9.47 Å². The highest BCUT2D eigenvalue weighted by atomic mass is 35.5. The lowest BCUT2D eigenvalue weighted by molar-refractivity contribution is -0.141. The van der Waals surface area contributed by atoms with Crippen LogP contribution in [0.5, 0.6) is 11.5 Å². The van der Waals surface area contributed by atoms with Gasteiger partial charge in [-0.25, -0.2) is 9.97 Å². The van der Waals surface area contributed by atoms with Crippen LogP contribution in [0.15, 0.2) is 54.6 Å². The van der Waals surface area contributed by atoms with Crippen molar-refractivity contribution in [3.63, 3.8) is 0 Å². The van der Waals surface area contributed by atoms with Gasteiger partial charge in [0.25, 0.3) is 5.95 Å². The maximum absolute atomic E-state index is 13.4. The van der Waals surface area contributed by atoms with Crippen molar-refractivity contribution < 1.29 is 40.2 Å². The largest absolute Gasteiger partial charge is 0.435 e. The Labute approximate surface area is 209 Å². The Morgan fingerprint density at radius 3 is 1.81 bits per heavy atom. The summed E-state index contributed by atoms with van der Waals surface area (Å²) >= 11 is 6.60. The van der Waals surface area contributed by atoms with Crippen LogP contribution in [-0.4, -0.2) is 33.0 Å². The minimum Gasteiger partial charge on any atom is -0.435 e. The second-order valence-electron chi connectivity index (χ2n) is 7.42. The first-order valence-electron chi connectivity index (χ1n) is 10.2. The lowest BCUT2D eigenvalue weighted by atomic mass is 10.1. The quantitative estimate of drug-likeness (QED) is 0.230. The SMILES string of the molecule is Cc1cc(C(F)(F)F)nc(-n2nc(-c3ccc(OC(F)F)cc3)c(Cl)c2-c2ccc(OC(F)F)cc2)n1. The molecule has 6 nitrogen and oxygen atoms in total. The summed E-state index contributed by atoms with van der Waals surface area (Å²) < 4.78 is 99.9. The Morgan fingerprint density at radius 1 is 0.811 bits per heavy atom. The highest BCUT2D eigenvalue weighted by molar-refractivity contribution is 6.35. The molecule has 4 aromatic rings. The maximum atomic E-state index is 13.4. The van der Waals surface area contributed by atoms with Crippen LogP contribution in [-0.2, 0) is 6.18 Å². The predicted molar refractivity (Wildman–Crippen MR) is 118 cm³/mol. The average Bonchev–Trinajstić information content (AvgIpc) is 3.15. The van der Waals surface area contributed by atoms with Crippen LogP contribution in [0.4, 0.5) is 30.7 Å². The summed E-state index contributed by atoms with van der Waals surface area (Å²) in [4.78, 5) is 7.65. The van der Waals surface area contributed by atoms with E-state index in [9.17, 15) is 30.7 Å². The van der Waals surface area contributed by atoms with E-state index < -0.39 is 31.0 Å². The van der Waals surface area contributed by atoms with Gasteiger partial charge in [0.15, 0.2) is 0 Å². The van der Waals surface area contributed by atoms with E-state index in [0.717, 1.165) is 10.7 Å². The van der Waals surface area contributed by atoms with Crippen molar-refractivity contribution in [3.8, 4) is 40.0 Å². The fourth-order valence-electron chi connectivity index (χ4n) is 3.36. The van der Waals surface area contributed by atoms with Gasteiger partial charge in [0.1, 0.15) is 22.9 Å². The predicted octanol–water partition coefficient (Wildman–Crippen LogP) is 7.18. The van der Waals surface area contributed by atoms with Crippen LogP contribution in [0.3, 0.4) is 0 Å². The van der Waals surface area contributed by atoms with Crippen LogP contribution in [0.25, 0.3) is 28.5 Å². The fraction of sp³-hybridized carbons (Fsp3) is 0.174. The fourth-order valence-corrected chi connectivity index (χ4v) is 3.69. The first kappa shape index (κ1) is 26.2. The molecule has 0 aliphatic rings. The Morgan fingerprint density at radius 2 is 1.32 bits per heavy atom. The van der Waals surface area contributed by atoms with Crippen molar-refractivity contribution in [2.45, 2.75) is 26.3 Å². The van der Waals surface area contributed by atoms with E-state index in [1.54, 1.807) is 0 Å². The van der Waals surface area contributed by atoms with Gasteiger partial charge in [0.2, 0.25) is 0 Å². The summed E-state index contributed by atoms with van der Waals surface area (Å²) in [5.74, 6) is -0.760. The molecule has 0 spiro atoms. The Kier molecular flexibility index (Phi) is 7.25. The molecule has 0 aliphatic heterocycles. The van der Waals surface area contributed by atoms with Gasteiger partial charge in [0, 0.05) is 16.8 Å². The van der Waals surface area contributed by atoms with Gasteiger partial charge >= 0.3 is 19.4 Å². The summed E-state index contributed by atoms with van der Waals surface area (Å²) in [6.07, 6.45) is -4.78. The minimum absolute atomic E-state index is 0.00868. The first-order chi connectivity index (χ1) is 17.4. The molecule has 0 radical (unpaired) electrons. The lowest BCUT2D eigenvalue weighted by Crippen LogP contribution is -2.14. The zero-order valence-corrected chi connectivity index (χ0v) is 19.2. The smallest absolute Gasteiger partial charge is 0.433 e. The molecular weight excluding hydrogens is 533 g/mol. The van der Waals surface area contributed by atoms with Gasteiger partial charge in [-0.3, -0.25) is 0 Å². The molecule has 0 bridgehead atoms. The number of hydrogen-bond donors (Lipinski definition) is 0. The third kappa shape index (κ3) is 5.93. The van der Waals surface area contributed by atoms with Crippen LogP contribution < -0.4 is 9.47 Å². The molecule has 2 heterocycles. The number of hydrogen-bond acceptors (Lipinski definition) is 5. The molecule has 14 heteroatoms. The van der Waals surface area contributed by atoms with Gasteiger partial charge in [0.05, 0.1) is 10.7 Å². The molecule has 2 aromatic heterocycles. The molecular formula is C23H14ClF7N4O2. The number of alkyl halides is 7. The molecule has 0 saturated carbocycles. The van der Waals surface area contributed by atoms with E-state index >= 15 is 0 Å². The van der Waals surface area contributed by atoms with Crippen molar-refractivity contribution in [1.82, 2.24) is 19.7 Å².